The van der Waals surface area contributed by atoms with Crippen LogP contribution in [0.15, 0.2) is 48.5 Å². The van der Waals surface area contributed by atoms with E-state index in [0.29, 0.717) is 6.04 Å². The topological polar surface area (TPSA) is 47.2 Å². The molecule has 0 saturated carbocycles. The molecular weight excluding hydrogens is 382 g/mol. The third kappa shape index (κ3) is 4.45. The second-order valence-electron chi connectivity index (χ2n) is 9.26. The van der Waals surface area contributed by atoms with Gasteiger partial charge in [-0.1, -0.05) is 48.5 Å². The fourth-order valence-electron chi connectivity index (χ4n) is 4.85. The number of fused-ring (bicyclic) bond motifs is 3. The van der Waals surface area contributed by atoms with Crippen LogP contribution in [0.25, 0.3) is 22.5 Å². The number of rotatable bonds is 7. The molecule has 5 rings (SSSR count). The molecule has 0 amide bonds. The summed E-state index contributed by atoms with van der Waals surface area (Å²) in [6.07, 6.45) is 3.45. The Kier molecular flexibility index (Phi) is 5.90. The summed E-state index contributed by atoms with van der Waals surface area (Å²) in [5.74, 6) is 0. The SMILES string of the molecule is CN(C)CCN1CCC(NCc2ccc(-c3n[nH]c4c3Cc3ccccc3-4)cc2)CC1. The highest BCUT2D eigenvalue weighted by Crippen LogP contribution is 2.39. The van der Waals surface area contributed by atoms with E-state index in [1.807, 2.05) is 0 Å². The second-order valence-corrected chi connectivity index (χ2v) is 9.26. The third-order valence-corrected chi connectivity index (χ3v) is 6.79. The highest BCUT2D eigenvalue weighted by Gasteiger charge is 2.24. The lowest BCUT2D eigenvalue weighted by Gasteiger charge is -2.33. The number of nitrogens with one attached hydrogen (secondary N) is 2. The molecule has 2 aliphatic rings. The van der Waals surface area contributed by atoms with Crippen LogP contribution in [-0.2, 0) is 13.0 Å². The highest BCUT2D eigenvalue weighted by atomic mass is 15.2. The average Bonchev–Trinajstić information content (AvgIpc) is 3.37. The van der Waals surface area contributed by atoms with Gasteiger partial charge in [0.1, 0.15) is 0 Å². The van der Waals surface area contributed by atoms with Gasteiger partial charge in [-0.05, 0) is 51.2 Å². The summed E-state index contributed by atoms with van der Waals surface area (Å²) in [7, 11) is 4.30. The minimum absolute atomic E-state index is 0.628. The van der Waals surface area contributed by atoms with E-state index in [4.69, 9.17) is 0 Å². The minimum atomic E-state index is 0.628. The van der Waals surface area contributed by atoms with Crippen molar-refractivity contribution in [3.05, 3.63) is 65.2 Å². The van der Waals surface area contributed by atoms with Gasteiger partial charge in [-0.2, -0.15) is 5.10 Å². The fourth-order valence-corrected chi connectivity index (χ4v) is 4.85. The van der Waals surface area contributed by atoms with Crippen LogP contribution < -0.4 is 5.32 Å². The van der Waals surface area contributed by atoms with Crippen molar-refractivity contribution in [1.29, 1.82) is 0 Å². The van der Waals surface area contributed by atoms with Crippen LogP contribution in [0.5, 0.6) is 0 Å². The van der Waals surface area contributed by atoms with Crippen LogP contribution in [-0.4, -0.2) is 66.3 Å². The first kappa shape index (κ1) is 20.4. The normalized spacial score (nSPS) is 16.6. The Morgan fingerprint density at radius 3 is 2.61 bits per heavy atom. The van der Waals surface area contributed by atoms with Crippen LogP contribution in [0.1, 0.15) is 29.5 Å². The number of likely N-dealkylation sites (tertiary alicyclic amines) is 1. The van der Waals surface area contributed by atoms with Gasteiger partial charge in [0, 0.05) is 48.8 Å². The van der Waals surface area contributed by atoms with Crippen LogP contribution in [0.2, 0.25) is 0 Å². The zero-order chi connectivity index (χ0) is 21.2. The summed E-state index contributed by atoms with van der Waals surface area (Å²) in [5, 5.41) is 11.7. The molecule has 2 N–H and O–H groups in total. The lowest BCUT2D eigenvalue weighted by Crippen LogP contribution is -2.44. The third-order valence-electron chi connectivity index (χ3n) is 6.79. The number of aromatic amines is 1. The molecule has 3 aromatic rings. The summed E-state index contributed by atoms with van der Waals surface area (Å²) in [4.78, 5) is 4.86. The summed E-state index contributed by atoms with van der Waals surface area (Å²) >= 11 is 0. The molecule has 0 bridgehead atoms. The number of benzene rings is 2. The Balaban J connectivity index is 1.16. The van der Waals surface area contributed by atoms with Gasteiger partial charge in [-0.25, -0.2) is 0 Å². The van der Waals surface area contributed by atoms with E-state index in [1.54, 1.807) is 0 Å². The standard InChI is InChI=1S/C26H33N5/c1-30(2)15-16-31-13-11-22(12-14-31)27-18-19-7-9-20(10-8-19)25-24-17-21-5-3-4-6-23(21)26(24)29-28-25/h3-10,22,27H,11-18H2,1-2H3,(H,28,29). The average molecular weight is 416 g/mol. The Labute approximate surface area is 185 Å². The predicted octanol–water partition coefficient (Wildman–Crippen LogP) is 3.76. The molecule has 5 heteroatoms. The van der Waals surface area contributed by atoms with Gasteiger partial charge in [0.25, 0.3) is 0 Å². The molecule has 5 nitrogen and oxygen atoms in total. The van der Waals surface area contributed by atoms with Crippen molar-refractivity contribution in [2.75, 3.05) is 40.3 Å². The van der Waals surface area contributed by atoms with Crippen molar-refractivity contribution < 1.29 is 0 Å². The van der Waals surface area contributed by atoms with E-state index in [0.717, 1.165) is 25.2 Å². The molecule has 1 aliphatic heterocycles. The van der Waals surface area contributed by atoms with Crippen molar-refractivity contribution in [1.82, 2.24) is 25.3 Å². The van der Waals surface area contributed by atoms with E-state index in [2.05, 4.69) is 87.9 Å². The van der Waals surface area contributed by atoms with Crippen molar-refractivity contribution in [2.24, 2.45) is 0 Å². The Bertz CT molecular complexity index is 1010. The van der Waals surface area contributed by atoms with Gasteiger partial charge in [-0.3, -0.25) is 5.10 Å². The lowest BCUT2D eigenvalue weighted by atomic mass is 10.0. The second kappa shape index (κ2) is 8.95. The Hall–Kier alpha value is -2.47. The molecule has 2 aromatic carbocycles. The number of likely N-dealkylation sites (N-methyl/N-ethyl adjacent to an activating group) is 1. The molecule has 2 heterocycles. The quantitative estimate of drug-likeness (QED) is 0.482. The molecule has 0 atom stereocenters. The van der Waals surface area contributed by atoms with E-state index >= 15 is 0 Å². The molecule has 0 spiro atoms. The molecule has 1 saturated heterocycles. The maximum Gasteiger partial charge on any atom is 0.0962 e. The zero-order valence-corrected chi connectivity index (χ0v) is 18.7. The van der Waals surface area contributed by atoms with Crippen LogP contribution >= 0.6 is 0 Å². The van der Waals surface area contributed by atoms with Crippen LogP contribution in [0, 0.1) is 0 Å². The van der Waals surface area contributed by atoms with Crippen molar-refractivity contribution in [3.8, 4) is 22.5 Å². The van der Waals surface area contributed by atoms with Crippen LogP contribution in [0.4, 0.5) is 0 Å². The zero-order valence-electron chi connectivity index (χ0n) is 18.7. The van der Waals surface area contributed by atoms with Gasteiger partial charge in [0.05, 0.1) is 11.4 Å². The van der Waals surface area contributed by atoms with Crippen molar-refractivity contribution >= 4 is 0 Å². The minimum Gasteiger partial charge on any atom is -0.310 e. The molecular formula is C26H33N5. The summed E-state index contributed by atoms with van der Waals surface area (Å²) in [6.45, 7) is 5.68. The van der Waals surface area contributed by atoms with Gasteiger partial charge < -0.3 is 15.1 Å². The van der Waals surface area contributed by atoms with Gasteiger partial charge in [-0.15, -0.1) is 0 Å². The van der Waals surface area contributed by atoms with Gasteiger partial charge in [0.2, 0.25) is 0 Å². The number of hydrogen-bond acceptors (Lipinski definition) is 4. The highest BCUT2D eigenvalue weighted by molar-refractivity contribution is 5.80. The number of aromatic nitrogens is 2. The first-order chi connectivity index (χ1) is 15.2. The summed E-state index contributed by atoms with van der Waals surface area (Å²) in [6, 6.07) is 18.2. The fraction of sp³-hybridized carbons (Fsp3) is 0.423. The molecule has 0 radical (unpaired) electrons. The first-order valence-electron chi connectivity index (χ1n) is 11.5. The largest absolute Gasteiger partial charge is 0.310 e. The number of hydrogen-bond donors (Lipinski definition) is 2. The van der Waals surface area contributed by atoms with Gasteiger partial charge >= 0.3 is 0 Å². The Morgan fingerprint density at radius 1 is 1.06 bits per heavy atom. The summed E-state index contributed by atoms with van der Waals surface area (Å²) in [5.41, 5.74) is 8.83. The van der Waals surface area contributed by atoms with Crippen molar-refractivity contribution in [3.63, 3.8) is 0 Å². The molecule has 162 valence electrons. The first-order valence-corrected chi connectivity index (χ1v) is 11.5. The van der Waals surface area contributed by atoms with Crippen molar-refractivity contribution in [2.45, 2.75) is 31.8 Å². The molecule has 1 aromatic heterocycles. The number of H-pyrrole nitrogens is 1. The monoisotopic (exact) mass is 415 g/mol. The van der Waals surface area contributed by atoms with E-state index in [1.165, 1.54) is 66.0 Å². The molecule has 0 unspecified atom stereocenters. The maximum absolute atomic E-state index is 4.64. The van der Waals surface area contributed by atoms with Crippen LogP contribution in [0.3, 0.4) is 0 Å². The van der Waals surface area contributed by atoms with Gasteiger partial charge in [0.15, 0.2) is 0 Å². The maximum atomic E-state index is 4.64. The number of piperidine rings is 1. The smallest absolute Gasteiger partial charge is 0.0962 e. The number of nitrogens with zero attached hydrogens (tertiary/aromatic N) is 3. The van der Waals surface area contributed by atoms with E-state index in [9.17, 15) is 0 Å². The lowest BCUT2D eigenvalue weighted by molar-refractivity contribution is 0.182. The van der Waals surface area contributed by atoms with E-state index in [-0.39, 0.29) is 0 Å². The molecule has 1 fully saturated rings. The summed E-state index contributed by atoms with van der Waals surface area (Å²) < 4.78 is 0. The Morgan fingerprint density at radius 2 is 1.84 bits per heavy atom. The molecule has 1 aliphatic carbocycles. The predicted molar refractivity (Wildman–Crippen MR) is 127 cm³/mol. The van der Waals surface area contributed by atoms with E-state index < -0.39 is 0 Å². The molecule has 31 heavy (non-hydrogen) atoms.